The van der Waals surface area contributed by atoms with Crippen LogP contribution in [0.2, 0.25) is 0 Å². The second-order valence-electron chi connectivity index (χ2n) is 5.21. The molecule has 2 heteroatoms. The van der Waals surface area contributed by atoms with Crippen LogP contribution in [0.3, 0.4) is 0 Å². The van der Waals surface area contributed by atoms with Crippen LogP contribution in [0.25, 0.3) is 10.9 Å². The fraction of sp³-hybridized carbons (Fsp3) is 0.167. The van der Waals surface area contributed by atoms with Gasteiger partial charge >= 0.3 is 0 Å². The van der Waals surface area contributed by atoms with Gasteiger partial charge in [-0.25, -0.2) is 0 Å². The molecule has 0 radical (unpaired) electrons. The van der Waals surface area contributed by atoms with Crippen molar-refractivity contribution in [3.8, 4) is 0 Å². The lowest BCUT2D eigenvalue weighted by Crippen LogP contribution is -1.83. The Morgan fingerprint density at radius 3 is 2.40 bits per heavy atom. The highest BCUT2D eigenvalue weighted by Gasteiger charge is 2.04. The summed E-state index contributed by atoms with van der Waals surface area (Å²) >= 11 is 0. The Labute approximate surface area is 119 Å². The molecule has 0 aliphatic heterocycles. The standard InChI is InChI=1S/C18H18N2/c1-13-7-6-8-14(2)18(13)19-11-15-12-20(3)17-10-5-4-9-16(15)17/h4-12H,1-3H3. The van der Waals surface area contributed by atoms with Crippen LogP contribution in [-0.4, -0.2) is 10.8 Å². The molecular weight excluding hydrogens is 244 g/mol. The van der Waals surface area contributed by atoms with Gasteiger partial charge in [-0.15, -0.1) is 0 Å². The van der Waals surface area contributed by atoms with E-state index in [9.17, 15) is 0 Å². The lowest BCUT2D eigenvalue weighted by molar-refractivity contribution is 0.968. The highest BCUT2D eigenvalue weighted by molar-refractivity contribution is 6.00. The molecule has 0 N–H and O–H groups in total. The molecule has 0 aliphatic carbocycles. The third-order valence-corrected chi connectivity index (χ3v) is 3.70. The second kappa shape index (κ2) is 4.97. The molecule has 3 aromatic rings. The summed E-state index contributed by atoms with van der Waals surface area (Å²) in [6.07, 6.45) is 4.10. The van der Waals surface area contributed by atoms with E-state index in [0.29, 0.717) is 0 Å². The van der Waals surface area contributed by atoms with Crippen molar-refractivity contribution < 1.29 is 0 Å². The van der Waals surface area contributed by atoms with E-state index in [2.05, 4.69) is 74.1 Å². The minimum Gasteiger partial charge on any atom is -0.350 e. The van der Waals surface area contributed by atoms with Gasteiger partial charge in [0.05, 0.1) is 5.69 Å². The number of benzene rings is 2. The predicted octanol–water partition coefficient (Wildman–Crippen LogP) is 4.55. The number of aromatic nitrogens is 1. The summed E-state index contributed by atoms with van der Waals surface area (Å²) < 4.78 is 2.14. The fourth-order valence-corrected chi connectivity index (χ4v) is 2.62. The van der Waals surface area contributed by atoms with Crippen LogP contribution in [0.4, 0.5) is 5.69 Å². The van der Waals surface area contributed by atoms with Gasteiger partial charge in [-0.2, -0.15) is 0 Å². The zero-order valence-corrected chi connectivity index (χ0v) is 12.1. The maximum absolute atomic E-state index is 4.70. The van der Waals surface area contributed by atoms with Crippen LogP contribution in [0, 0.1) is 13.8 Å². The molecule has 0 amide bonds. The number of rotatable bonds is 2. The molecule has 3 rings (SSSR count). The van der Waals surface area contributed by atoms with Gasteiger partial charge in [0.1, 0.15) is 0 Å². The number of para-hydroxylation sites is 2. The summed E-state index contributed by atoms with van der Waals surface area (Å²) in [5.74, 6) is 0. The molecular formula is C18H18N2. The van der Waals surface area contributed by atoms with Crippen LogP contribution >= 0.6 is 0 Å². The first-order valence-corrected chi connectivity index (χ1v) is 6.81. The summed E-state index contributed by atoms with van der Waals surface area (Å²) in [5, 5.41) is 1.24. The Morgan fingerprint density at radius 2 is 1.65 bits per heavy atom. The maximum Gasteiger partial charge on any atom is 0.0688 e. The van der Waals surface area contributed by atoms with Crippen LogP contribution in [-0.2, 0) is 7.05 Å². The molecule has 0 fully saturated rings. The summed E-state index contributed by atoms with van der Waals surface area (Å²) in [4.78, 5) is 4.70. The number of hydrogen-bond acceptors (Lipinski definition) is 1. The number of nitrogens with zero attached hydrogens (tertiary/aromatic N) is 2. The molecule has 0 aliphatic rings. The van der Waals surface area contributed by atoms with E-state index in [1.165, 1.54) is 22.0 Å². The van der Waals surface area contributed by atoms with Crippen molar-refractivity contribution in [2.45, 2.75) is 13.8 Å². The first-order valence-electron chi connectivity index (χ1n) is 6.81. The van der Waals surface area contributed by atoms with Gasteiger partial charge in [0.25, 0.3) is 0 Å². The Hall–Kier alpha value is -2.35. The molecule has 2 aromatic carbocycles. The third-order valence-electron chi connectivity index (χ3n) is 3.70. The van der Waals surface area contributed by atoms with Gasteiger partial charge < -0.3 is 4.57 Å². The molecule has 20 heavy (non-hydrogen) atoms. The lowest BCUT2D eigenvalue weighted by atomic mass is 10.1. The molecule has 0 atom stereocenters. The second-order valence-corrected chi connectivity index (χ2v) is 5.21. The minimum atomic E-state index is 1.07. The van der Waals surface area contributed by atoms with E-state index in [-0.39, 0.29) is 0 Å². The van der Waals surface area contributed by atoms with E-state index >= 15 is 0 Å². The molecule has 1 heterocycles. The molecule has 0 spiro atoms. The number of hydrogen-bond donors (Lipinski definition) is 0. The van der Waals surface area contributed by atoms with Crippen molar-refractivity contribution in [3.05, 3.63) is 65.4 Å². The van der Waals surface area contributed by atoms with Gasteiger partial charge in [-0.3, -0.25) is 4.99 Å². The lowest BCUT2D eigenvalue weighted by Gasteiger charge is -2.03. The van der Waals surface area contributed by atoms with Crippen molar-refractivity contribution in [2.75, 3.05) is 0 Å². The van der Waals surface area contributed by atoms with E-state index in [4.69, 9.17) is 4.99 Å². The summed E-state index contributed by atoms with van der Waals surface area (Å²) in [5.41, 5.74) is 5.88. The topological polar surface area (TPSA) is 17.3 Å². The van der Waals surface area contributed by atoms with Gasteiger partial charge in [0.2, 0.25) is 0 Å². The first kappa shape index (κ1) is 12.7. The third kappa shape index (κ3) is 2.14. The maximum atomic E-state index is 4.70. The molecule has 0 saturated heterocycles. The monoisotopic (exact) mass is 262 g/mol. The molecule has 0 saturated carbocycles. The Bertz CT molecular complexity index is 774. The number of fused-ring (bicyclic) bond motifs is 1. The predicted molar refractivity (Wildman–Crippen MR) is 86.1 cm³/mol. The average molecular weight is 262 g/mol. The zero-order chi connectivity index (χ0) is 14.1. The summed E-state index contributed by atoms with van der Waals surface area (Å²) in [7, 11) is 2.07. The quantitative estimate of drug-likeness (QED) is 0.603. The highest BCUT2D eigenvalue weighted by atomic mass is 14.9. The van der Waals surface area contributed by atoms with Gasteiger partial charge in [-0.05, 0) is 31.0 Å². The Kier molecular flexibility index (Phi) is 3.15. The van der Waals surface area contributed by atoms with Crippen LogP contribution in [0.5, 0.6) is 0 Å². The van der Waals surface area contributed by atoms with Crippen LogP contribution in [0.15, 0.2) is 53.7 Å². The van der Waals surface area contributed by atoms with E-state index in [1.54, 1.807) is 0 Å². The molecule has 0 unspecified atom stereocenters. The summed E-state index contributed by atoms with van der Waals surface area (Å²) in [6, 6.07) is 14.7. The molecule has 1 aromatic heterocycles. The van der Waals surface area contributed by atoms with Crippen molar-refractivity contribution in [3.63, 3.8) is 0 Å². The Balaban J connectivity index is 2.07. The van der Waals surface area contributed by atoms with Crippen molar-refractivity contribution in [2.24, 2.45) is 12.0 Å². The van der Waals surface area contributed by atoms with Crippen molar-refractivity contribution >= 4 is 22.8 Å². The summed E-state index contributed by atoms with van der Waals surface area (Å²) in [6.45, 7) is 4.20. The minimum absolute atomic E-state index is 1.07. The largest absolute Gasteiger partial charge is 0.350 e. The number of aryl methyl sites for hydroxylation is 3. The smallest absolute Gasteiger partial charge is 0.0688 e. The van der Waals surface area contributed by atoms with Gasteiger partial charge in [0.15, 0.2) is 0 Å². The van der Waals surface area contributed by atoms with E-state index in [1.807, 2.05) is 6.21 Å². The first-order chi connectivity index (χ1) is 9.66. The zero-order valence-electron chi connectivity index (χ0n) is 12.1. The van der Waals surface area contributed by atoms with Crippen molar-refractivity contribution in [1.82, 2.24) is 4.57 Å². The average Bonchev–Trinajstić information content (AvgIpc) is 2.76. The number of aliphatic imine (C=N–C) groups is 1. The van der Waals surface area contributed by atoms with Gasteiger partial charge in [-0.1, -0.05) is 36.4 Å². The molecule has 0 bridgehead atoms. The van der Waals surface area contributed by atoms with E-state index in [0.717, 1.165) is 11.3 Å². The van der Waals surface area contributed by atoms with Crippen LogP contribution < -0.4 is 0 Å². The SMILES string of the molecule is Cc1cccc(C)c1N=Cc1cn(C)c2ccccc12. The molecule has 2 nitrogen and oxygen atoms in total. The highest BCUT2D eigenvalue weighted by Crippen LogP contribution is 2.24. The van der Waals surface area contributed by atoms with Crippen LogP contribution in [0.1, 0.15) is 16.7 Å². The molecule has 100 valence electrons. The van der Waals surface area contributed by atoms with E-state index < -0.39 is 0 Å². The normalized spacial score (nSPS) is 11.6. The van der Waals surface area contributed by atoms with Gasteiger partial charge in [0, 0.05) is 35.9 Å². The Morgan fingerprint density at radius 1 is 0.950 bits per heavy atom. The van der Waals surface area contributed by atoms with Crippen molar-refractivity contribution in [1.29, 1.82) is 0 Å². The fourth-order valence-electron chi connectivity index (χ4n) is 2.62.